The highest BCUT2D eigenvalue weighted by atomic mass is 16.5. The summed E-state index contributed by atoms with van der Waals surface area (Å²) in [6.45, 7) is 5.44. The molecule has 2 heterocycles. The van der Waals surface area contributed by atoms with E-state index in [2.05, 4.69) is 10.3 Å². The maximum atomic E-state index is 12.6. The van der Waals surface area contributed by atoms with Gasteiger partial charge in [0, 0.05) is 19.3 Å². The fourth-order valence-corrected chi connectivity index (χ4v) is 2.87. The molecular weight excluding hydrogens is 318 g/mol. The maximum Gasteiger partial charge on any atom is 0.322 e. The summed E-state index contributed by atoms with van der Waals surface area (Å²) in [7, 11) is 0. The molecule has 0 spiro atoms. The second-order valence-corrected chi connectivity index (χ2v) is 6.20. The van der Waals surface area contributed by atoms with Gasteiger partial charge in [-0.15, -0.1) is 0 Å². The van der Waals surface area contributed by atoms with Crippen molar-refractivity contribution in [1.29, 1.82) is 0 Å². The Kier molecular flexibility index (Phi) is 5.50. The van der Waals surface area contributed by atoms with Gasteiger partial charge in [0.2, 0.25) is 0 Å². The van der Waals surface area contributed by atoms with Crippen LogP contribution in [-0.4, -0.2) is 41.2 Å². The Hall–Kier alpha value is -2.60. The number of nitrogens with zero attached hydrogens (tertiary/aromatic N) is 2. The van der Waals surface area contributed by atoms with Gasteiger partial charge in [0.1, 0.15) is 12.4 Å². The number of anilines is 1. The number of para-hydroxylation sites is 2. The van der Waals surface area contributed by atoms with Gasteiger partial charge in [-0.1, -0.05) is 18.2 Å². The quantitative estimate of drug-likeness (QED) is 0.927. The molecule has 3 rings (SSSR count). The Morgan fingerprint density at radius 1 is 1.20 bits per heavy atom. The van der Waals surface area contributed by atoms with Gasteiger partial charge in [-0.2, -0.15) is 0 Å². The molecule has 1 aliphatic heterocycles. The molecule has 1 aromatic carbocycles. The number of amides is 2. The van der Waals surface area contributed by atoms with Gasteiger partial charge >= 0.3 is 6.03 Å². The fourth-order valence-electron chi connectivity index (χ4n) is 2.87. The second-order valence-electron chi connectivity index (χ2n) is 6.20. The molecule has 132 valence electrons. The normalized spacial score (nSPS) is 20.2. The number of benzene rings is 1. The van der Waals surface area contributed by atoms with E-state index in [-0.39, 0.29) is 18.2 Å². The molecule has 1 N–H and O–H groups in total. The molecule has 1 saturated heterocycles. The lowest BCUT2D eigenvalue weighted by atomic mass is 10.2. The van der Waals surface area contributed by atoms with Crippen molar-refractivity contribution in [3.05, 3.63) is 54.4 Å². The fraction of sp³-hybridized carbons (Fsp3) is 0.368. The minimum Gasteiger partial charge on any atom is -0.485 e. The summed E-state index contributed by atoms with van der Waals surface area (Å²) in [5.41, 5.74) is 1.48. The van der Waals surface area contributed by atoms with Gasteiger partial charge in [0.05, 0.1) is 23.6 Å². The molecule has 25 heavy (non-hydrogen) atoms. The van der Waals surface area contributed by atoms with Crippen molar-refractivity contribution in [3.63, 3.8) is 0 Å². The van der Waals surface area contributed by atoms with Crippen LogP contribution in [0.15, 0.2) is 48.7 Å². The van der Waals surface area contributed by atoms with Crippen molar-refractivity contribution in [3.8, 4) is 5.75 Å². The minimum absolute atomic E-state index is 0.0325. The molecule has 1 aliphatic rings. The van der Waals surface area contributed by atoms with Gasteiger partial charge in [0.15, 0.2) is 0 Å². The lowest BCUT2D eigenvalue weighted by Crippen LogP contribution is -2.49. The molecule has 6 nitrogen and oxygen atoms in total. The number of pyridine rings is 1. The zero-order valence-corrected chi connectivity index (χ0v) is 14.5. The number of ether oxygens (including phenoxy) is 2. The van der Waals surface area contributed by atoms with E-state index >= 15 is 0 Å². The van der Waals surface area contributed by atoms with E-state index in [0.29, 0.717) is 31.1 Å². The third-order valence-corrected chi connectivity index (χ3v) is 3.94. The van der Waals surface area contributed by atoms with E-state index in [4.69, 9.17) is 9.47 Å². The molecular formula is C19H23N3O3. The first-order chi connectivity index (χ1) is 12.1. The van der Waals surface area contributed by atoms with Gasteiger partial charge in [0.25, 0.3) is 0 Å². The number of urea groups is 1. The minimum atomic E-state index is -0.143. The van der Waals surface area contributed by atoms with Gasteiger partial charge in [-0.3, -0.25) is 4.98 Å². The van der Waals surface area contributed by atoms with Crippen molar-refractivity contribution >= 4 is 11.7 Å². The van der Waals surface area contributed by atoms with Crippen LogP contribution in [0.2, 0.25) is 0 Å². The lowest BCUT2D eigenvalue weighted by molar-refractivity contribution is -0.0530. The predicted molar refractivity (Wildman–Crippen MR) is 95.6 cm³/mol. The zero-order chi connectivity index (χ0) is 17.6. The summed E-state index contributed by atoms with van der Waals surface area (Å²) >= 11 is 0. The number of morpholine rings is 1. The van der Waals surface area contributed by atoms with E-state index in [1.807, 2.05) is 56.3 Å². The predicted octanol–water partition coefficient (Wildman–Crippen LogP) is 3.30. The molecule has 2 atom stereocenters. The summed E-state index contributed by atoms with van der Waals surface area (Å²) in [5.74, 6) is 0.621. The number of carbonyl (C=O) groups is 1. The standard InChI is InChI=1S/C19H23N3O3/c1-14-11-22(12-15(2)25-14)19(23)21-17-8-3-4-9-18(17)24-13-16-7-5-6-10-20-16/h3-10,14-15H,11-13H2,1-2H3,(H,21,23). The van der Waals surface area contributed by atoms with E-state index in [0.717, 1.165) is 5.69 Å². The van der Waals surface area contributed by atoms with Crippen LogP contribution in [0.1, 0.15) is 19.5 Å². The van der Waals surface area contributed by atoms with Gasteiger partial charge in [-0.25, -0.2) is 4.79 Å². The van der Waals surface area contributed by atoms with Crippen molar-refractivity contribution in [2.24, 2.45) is 0 Å². The van der Waals surface area contributed by atoms with Crippen LogP contribution in [0.3, 0.4) is 0 Å². The van der Waals surface area contributed by atoms with Gasteiger partial charge in [-0.05, 0) is 38.1 Å². The molecule has 2 amide bonds. The van der Waals surface area contributed by atoms with Crippen LogP contribution < -0.4 is 10.1 Å². The van der Waals surface area contributed by atoms with E-state index in [1.165, 1.54) is 0 Å². The Labute approximate surface area is 147 Å². The SMILES string of the molecule is CC1CN(C(=O)Nc2ccccc2OCc2ccccn2)CC(C)O1. The largest absolute Gasteiger partial charge is 0.485 e. The summed E-state index contributed by atoms with van der Waals surface area (Å²) in [5, 5.41) is 2.94. The number of hydrogen-bond donors (Lipinski definition) is 1. The highest BCUT2D eigenvalue weighted by Crippen LogP contribution is 2.25. The average Bonchev–Trinajstić information content (AvgIpc) is 2.61. The summed E-state index contributed by atoms with van der Waals surface area (Å²) in [4.78, 5) is 18.6. The number of nitrogens with one attached hydrogen (secondary N) is 1. The lowest BCUT2D eigenvalue weighted by Gasteiger charge is -2.35. The van der Waals surface area contributed by atoms with E-state index in [9.17, 15) is 4.79 Å². The third kappa shape index (κ3) is 4.70. The molecule has 0 aliphatic carbocycles. The van der Waals surface area contributed by atoms with Crippen molar-refractivity contribution < 1.29 is 14.3 Å². The molecule has 1 fully saturated rings. The van der Waals surface area contributed by atoms with Crippen LogP contribution in [0.4, 0.5) is 10.5 Å². The van der Waals surface area contributed by atoms with E-state index in [1.54, 1.807) is 11.1 Å². The van der Waals surface area contributed by atoms with Crippen molar-refractivity contribution in [1.82, 2.24) is 9.88 Å². The number of aromatic nitrogens is 1. The van der Waals surface area contributed by atoms with Crippen molar-refractivity contribution in [2.75, 3.05) is 18.4 Å². The van der Waals surface area contributed by atoms with Crippen LogP contribution in [0, 0.1) is 0 Å². The van der Waals surface area contributed by atoms with Crippen LogP contribution in [0.5, 0.6) is 5.75 Å². The zero-order valence-electron chi connectivity index (χ0n) is 14.5. The summed E-state index contributed by atoms with van der Waals surface area (Å²) in [6, 6.07) is 13.0. The second kappa shape index (κ2) is 7.98. The highest BCUT2D eigenvalue weighted by Gasteiger charge is 2.26. The monoisotopic (exact) mass is 341 g/mol. The van der Waals surface area contributed by atoms with Crippen LogP contribution in [0.25, 0.3) is 0 Å². The Balaban J connectivity index is 1.65. The Morgan fingerprint density at radius 2 is 1.92 bits per heavy atom. The first-order valence-corrected chi connectivity index (χ1v) is 8.45. The third-order valence-electron chi connectivity index (χ3n) is 3.94. The van der Waals surface area contributed by atoms with Gasteiger partial charge < -0.3 is 19.7 Å². The maximum absolute atomic E-state index is 12.6. The first-order valence-electron chi connectivity index (χ1n) is 8.45. The molecule has 6 heteroatoms. The summed E-state index contributed by atoms with van der Waals surface area (Å²) in [6.07, 6.45) is 1.79. The molecule has 2 unspecified atom stereocenters. The first kappa shape index (κ1) is 17.2. The van der Waals surface area contributed by atoms with Crippen molar-refractivity contribution in [2.45, 2.75) is 32.7 Å². The van der Waals surface area contributed by atoms with E-state index < -0.39 is 0 Å². The Morgan fingerprint density at radius 3 is 2.64 bits per heavy atom. The number of rotatable bonds is 4. The summed E-state index contributed by atoms with van der Waals surface area (Å²) < 4.78 is 11.5. The number of carbonyl (C=O) groups excluding carboxylic acids is 1. The molecule has 0 radical (unpaired) electrons. The topological polar surface area (TPSA) is 63.7 Å². The average molecular weight is 341 g/mol. The molecule has 2 aromatic rings. The smallest absolute Gasteiger partial charge is 0.322 e. The molecule has 1 aromatic heterocycles. The molecule has 0 bridgehead atoms. The molecule has 0 saturated carbocycles. The Bertz CT molecular complexity index is 698. The highest BCUT2D eigenvalue weighted by molar-refractivity contribution is 5.91. The van der Waals surface area contributed by atoms with Crippen LogP contribution in [-0.2, 0) is 11.3 Å². The van der Waals surface area contributed by atoms with Crippen LogP contribution >= 0.6 is 0 Å². The number of hydrogen-bond acceptors (Lipinski definition) is 4.